The molecule has 2 aliphatic heterocycles. The van der Waals surface area contributed by atoms with Gasteiger partial charge in [-0.1, -0.05) is 0 Å². The molecule has 0 amide bonds. The van der Waals surface area contributed by atoms with E-state index in [1.807, 2.05) is 0 Å². The number of fused-ring (bicyclic) bond motifs is 7. The molecule has 0 bridgehead atoms. The number of methoxy groups -OCH3 is 1. The molecule has 8 heteroatoms. The standard InChI is InChI=1S/C20H19NO7/c1-21-6-5-10-7-15(26-2)13(22)8-12(10)19(24)18(23)16-11(20(19,21)25)3-4-14-17(16)28-9-27-14/h3-4,7-8,22,24-25H,5-6,9H2,1-2H3/t19-,20+/m1/s1. The SMILES string of the molecule is COc1cc2c(cc1O)[C@@]1(O)C(=O)c3c(ccc4c3OCO4)[C@@]1(O)N(C)CC2. The fourth-order valence-corrected chi connectivity index (χ4v) is 4.58. The smallest absolute Gasteiger partial charge is 0.231 e. The summed E-state index contributed by atoms with van der Waals surface area (Å²) in [6.45, 7) is 0.321. The molecule has 0 aromatic heterocycles. The minimum atomic E-state index is -2.33. The van der Waals surface area contributed by atoms with Gasteiger partial charge < -0.3 is 29.5 Å². The van der Waals surface area contributed by atoms with Crippen LogP contribution in [0, 0.1) is 0 Å². The Morgan fingerprint density at radius 1 is 1.18 bits per heavy atom. The van der Waals surface area contributed by atoms with Crippen LogP contribution in [0.2, 0.25) is 0 Å². The number of carbonyl (C=O) groups excluding carboxylic acids is 1. The van der Waals surface area contributed by atoms with Crippen molar-refractivity contribution >= 4 is 5.78 Å². The molecule has 0 unspecified atom stereocenters. The van der Waals surface area contributed by atoms with Crippen molar-refractivity contribution in [3.8, 4) is 23.0 Å². The van der Waals surface area contributed by atoms with E-state index in [2.05, 4.69) is 0 Å². The van der Waals surface area contributed by atoms with Crippen LogP contribution >= 0.6 is 0 Å². The van der Waals surface area contributed by atoms with Crippen LogP contribution in [0.25, 0.3) is 0 Å². The number of carbonyl (C=O) groups is 1. The molecule has 3 N–H and O–H groups in total. The van der Waals surface area contributed by atoms with E-state index >= 15 is 0 Å². The second kappa shape index (κ2) is 5.38. The summed E-state index contributed by atoms with van der Waals surface area (Å²) < 4.78 is 16.0. The topological polar surface area (TPSA) is 109 Å². The minimum Gasteiger partial charge on any atom is -0.504 e. The molecule has 0 saturated heterocycles. The lowest BCUT2D eigenvalue weighted by Crippen LogP contribution is -2.57. The zero-order chi connectivity index (χ0) is 19.8. The number of phenols is 1. The summed E-state index contributed by atoms with van der Waals surface area (Å²) in [6, 6.07) is 6.06. The maximum atomic E-state index is 13.6. The van der Waals surface area contributed by atoms with Gasteiger partial charge in [0.25, 0.3) is 0 Å². The van der Waals surface area contributed by atoms with Crippen molar-refractivity contribution in [1.82, 2.24) is 4.90 Å². The number of likely N-dealkylation sites (N-methyl/N-ethyl adjacent to an activating group) is 1. The van der Waals surface area contributed by atoms with Crippen molar-refractivity contribution in [2.75, 3.05) is 27.5 Å². The van der Waals surface area contributed by atoms with E-state index in [1.54, 1.807) is 30.1 Å². The average Bonchev–Trinajstić information content (AvgIpc) is 3.21. The Labute approximate surface area is 160 Å². The van der Waals surface area contributed by atoms with Crippen molar-refractivity contribution < 1.29 is 34.3 Å². The van der Waals surface area contributed by atoms with Crippen LogP contribution in [0.15, 0.2) is 24.3 Å². The molecule has 2 heterocycles. The molecule has 28 heavy (non-hydrogen) atoms. The van der Waals surface area contributed by atoms with Gasteiger partial charge in [-0.2, -0.15) is 0 Å². The quantitative estimate of drug-likeness (QED) is 0.663. The first-order valence-corrected chi connectivity index (χ1v) is 8.88. The second-order valence-corrected chi connectivity index (χ2v) is 7.29. The number of hydrogen-bond acceptors (Lipinski definition) is 8. The number of ether oxygens (including phenoxy) is 3. The summed E-state index contributed by atoms with van der Waals surface area (Å²) in [5.41, 5.74) is -3.28. The molecule has 3 aliphatic rings. The van der Waals surface area contributed by atoms with Crippen molar-refractivity contribution in [3.05, 3.63) is 46.5 Å². The number of nitrogens with zero attached hydrogens (tertiary/aromatic N) is 1. The van der Waals surface area contributed by atoms with E-state index in [0.717, 1.165) is 0 Å². The lowest BCUT2D eigenvalue weighted by molar-refractivity contribution is -0.208. The van der Waals surface area contributed by atoms with Gasteiger partial charge in [-0.25, -0.2) is 0 Å². The van der Waals surface area contributed by atoms with Crippen molar-refractivity contribution in [2.45, 2.75) is 17.7 Å². The van der Waals surface area contributed by atoms with Crippen LogP contribution in [0.1, 0.15) is 27.0 Å². The van der Waals surface area contributed by atoms with Crippen LogP contribution in [-0.4, -0.2) is 53.5 Å². The average molecular weight is 385 g/mol. The fourth-order valence-electron chi connectivity index (χ4n) is 4.58. The molecule has 1 aliphatic carbocycles. The summed E-state index contributed by atoms with van der Waals surface area (Å²) in [6.07, 6.45) is 0.445. The summed E-state index contributed by atoms with van der Waals surface area (Å²) in [7, 11) is 3.06. The number of benzene rings is 2. The van der Waals surface area contributed by atoms with E-state index in [1.165, 1.54) is 13.2 Å². The van der Waals surface area contributed by atoms with Gasteiger partial charge in [0, 0.05) is 17.7 Å². The molecule has 0 radical (unpaired) electrons. The van der Waals surface area contributed by atoms with E-state index in [-0.39, 0.29) is 40.7 Å². The van der Waals surface area contributed by atoms with Crippen LogP contribution < -0.4 is 14.2 Å². The lowest BCUT2D eigenvalue weighted by Gasteiger charge is -2.42. The van der Waals surface area contributed by atoms with Gasteiger partial charge >= 0.3 is 0 Å². The highest BCUT2D eigenvalue weighted by Crippen LogP contribution is 2.58. The summed E-state index contributed by atoms with van der Waals surface area (Å²) in [5, 5.41) is 33.9. The Bertz CT molecular complexity index is 1040. The van der Waals surface area contributed by atoms with E-state index in [4.69, 9.17) is 14.2 Å². The number of hydrogen-bond donors (Lipinski definition) is 3. The number of aliphatic hydroxyl groups is 2. The number of ketones is 1. The lowest BCUT2D eigenvalue weighted by atomic mass is 9.80. The van der Waals surface area contributed by atoms with E-state index in [0.29, 0.717) is 24.3 Å². The van der Waals surface area contributed by atoms with Crippen molar-refractivity contribution in [1.29, 1.82) is 0 Å². The minimum absolute atomic E-state index is 0.0413. The van der Waals surface area contributed by atoms with Crippen LogP contribution in [0.3, 0.4) is 0 Å². The number of phenolic OH excluding ortho intramolecular Hbond substituents is 1. The van der Waals surface area contributed by atoms with Gasteiger partial charge in [-0.3, -0.25) is 9.69 Å². The van der Waals surface area contributed by atoms with Crippen LogP contribution in [0.4, 0.5) is 0 Å². The normalized spacial score (nSPS) is 27.8. The molecule has 0 fully saturated rings. The molecule has 8 nitrogen and oxygen atoms in total. The zero-order valence-corrected chi connectivity index (χ0v) is 15.4. The third kappa shape index (κ3) is 1.78. The van der Waals surface area contributed by atoms with E-state index < -0.39 is 17.1 Å². The van der Waals surface area contributed by atoms with Gasteiger partial charge in [0.1, 0.15) is 0 Å². The third-order valence-electron chi connectivity index (χ3n) is 6.04. The number of aromatic hydroxyl groups is 1. The Morgan fingerprint density at radius 3 is 2.71 bits per heavy atom. The Kier molecular flexibility index (Phi) is 3.32. The molecule has 146 valence electrons. The molecular weight excluding hydrogens is 366 g/mol. The van der Waals surface area contributed by atoms with Gasteiger partial charge in [-0.05, 0) is 43.3 Å². The van der Waals surface area contributed by atoms with Gasteiger partial charge in [-0.15, -0.1) is 0 Å². The summed E-state index contributed by atoms with van der Waals surface area (Å²) >= 11 is 0. The van der Waals surface area contributed by atoms with Crippen molar-refractivity contribution in [3.63, 3.8) is 0 Å². The zero-order valence-electron chi connectivity index (χ0n) is 15.4. The Hall–Kier alpha value is -2.81. The first-order valence-electron chi connectivity index (χ1n) is 8.88. The monoisotopic (exact) mass is 385 g/mol. The molecule has 0 saturated carbocycles. The Balaban J connectivity index is 1.84. The second-order valence-electron chi connectivity index (χ2n) is 7.29. The third-order valence-corrected chi connectivity index (χ3v) is 6.04. The first-order chi connectivity index (χ1) is 13.3. The first kappa shape index (κ1) is 17.3. The highest BCUT2D eigenvalue weighted by molar-refractivity contribution is 6.11. The van der Waals surface area contributed by atoms with Crippen LogP contribution in [0.5, 0.6) is 23.0 Å². The highest BCUT2D eigenvalue weighted by Gasteiger charge is 2.68. The van der Waals surface area contributed by atoms with Gasteiger partial charge in [0.2, 0.25) is 18.2 Å². The summed E-state index contributed by atoms with van der Waals surface area (Å²) in [5.74, 6) is -0.0978. The fraction of sp³-hybridized carbons (Fsp3) is 0.350. The predicted octanol–water partition coefficient (Wildman–Crippen LogP) is 0.847. The molecule has 5 rings (SSSR count). The maximum absolute atomic E-state index is 13.6. The molecular formula is C20H19NO7. The highest BCUT2D eigenvalue weighted by atomic mass is 16.7. The maximum Gasteiger partial charge on any atom is 0.231 e. The van der Waals surface area contributed by atoms with Gasteiger partial charge in [0.15, 0.2) is 28.7 Å². The van der Waals surface area contributed by atoms with E-state index in [9.17, 15) is 20.1 Å². The van der Waals surface area contributed by atoms with Crippen molar-refractivity contribution in [2.24, 2.45) is 0 Å². The molecule has 2 aromatic carbocycles. The predicted molar refractivity (Wildman–Crippen MR) is 95.7 cm³/mol. The number of Topliss-reactive ketones (excluding diaryl/α,β-unsaturated/α-hetero) is 1. The van der Waals surface area contributed by atoms with Crippen LogP contribution in [-0.2, 0) is 17.7 Å². The largest absolute Gasteiger partial charge is 0.504 e. The Morgan fingerprint density at radius 2 is 1.96 bits per heavy atom. The number of rotatable bonds is 1. The molecule has 2 aromatic rings. The molecule has 0 spiro atoms. The molecule has 2 atom stereocenters. The van der Waals surface area contributed by atoms with Gasteiger partial charge in [0.05, 0.1) is 12.7 Å². The summed E-state index contributed by atoms with van der Waals surface area (Å²) in [4.78, 5) is 15.1.